The van der Waals surface area contributed by atoms with Crippen LogP contribution in [0.2, 0.25) is 0 Å². The van der Waals surface area contributed by atoms with Gasteiger partial charge in [-0.15, -0.1) is 0 Å². The van der Waals surface area contributed by atoms with Crippen molar-refractivity contribution in [3.8, 4) is 0 Å². The predicted molar refractivity (Wildman–Crippen MR) is 58.5 cm³/mol. The third-order valence-corrected chi connectivity index (χ3v) is 2.77. The summed E-state index contributed by atoms with van der Waals surface area (Å²) in [6.07, 6.45) is 3.96. The van der Waals surface area contributed by atoms with Crippen LogP contribution in [0.5, 0.6) is 0 Å². The number of hydrogen-bond donors (Lipinski definition) is 0. The maximum Gasteiger partial charge on any atom is 0.308 e. The highest BCUT2D eigenvalue weighted by atomic mass is 16.5. The van der Waals surface area contributed by atoms with Crippen molar-refractivity contribution in [3.63, 3.8) is 0 Å². The molecule has 15 heavy (non-hydrogen) atoms. The number of rotatable bonds is 4. The summed E-state index contributed by atoms with van der Waals surface area (Å²) in [7, 11) is 1.45. The van der Waals surface area contributed by atoms with Crippen molar-refractivity contribution in [2.24, 2.45) is 5.92 Å². The molecule has 0 heterocycles. The smallest absolute Gasteiger partial charge is 0.308 e. The van der Waals surface area contributed by atoms with E-state index in [1.165, 1.54) is 7.11 Å². The van der Waals surface area contributed by atoms with Gasteiger partial charge in [-0.2, -0.15) is 0 Å². The van der Waals surface area contributed by atoms with Crippen LogP contribution < -0.4 is 0 Å². The first-order valence-electron chi connectivity index (χ1n) is 5.47. The zero-order chi connectivity index (χ0) is 11.3. The molecule has 0 amide bonds. The first-order chi connectivity index (χ1) is 7.13. The van der Waals surface area contributed by atoms with Crippen molar-refractivity contribution in [2.75, 3.05) is 13.7 Å². The molecule has 1 aliphatic rings. The largest absolute Gasteiger partial charge is 0.469 e. The molecule has 1 rings (SSSR count). The van der Waals surface area contributed by atoms with Gasteiger partial charge in [-0.05, 0) is 32.6 Å². The Kier molecular flexibility index (Phi) is 4.82. The van der Waals surface area contributed by atoms with Crippen LogP contribution in [-0.4, -0.2) is 25.8 Å². The highest BCUT2D eigenvalue weighted by molar-refractivity contribution is 5.72. The van der Waals surface area contributed by atoms with Crippen LogP contribution in [0, 0.1) is 5.92 Å². The van der Waals surface area contributed by atoms with Gasteiger partial charge in [0.1, 0.15) is 0 Å². The monoisotopic (exact) mass is 212 g/mol. The number of esters is 1. The maximum atomic E-state index is 11.3. The van der Waals surface area contributed by atoms with Gasteiger partial charge in [0.25, 0.3) is 0 Å². The number of carbonyl (C=O) groups is 1. The van der Waals surface area contributed by atoms with E-state index in [0.717, 1.165) is 31.3 Å². The summed E-state index contributed by atoms with van der Waals surface area (Å²) in [4.78, 5) is 11.3. The minimum atomic E-state index is -0.0756. The molecule has 0 bridgehead atoms. The summed E-state index contributed by atoms with van der Waals surface area (Å²) < 4.78 is 10.4. The van der Waals surface area contributed by atoms with Crippen LogP contribution in [0.15, 0.2) is 12.2 Å². The Morgan fingerprint density at radius 1 is 1.33 bits per heavy atom. The summed E-state index contributed by atoms with van der Waals surface area (Å²) in [5, 5.41) is 0. The summed E-state index contributed by atoms with van der Waals surface area (Å²) in [5.74, 6) is 0.00743. The molecule has 86 valence electrons. The third-order valence-electron chi connectivity index (χ3n) is 2.77. The molecule has 1 fully saturated rings. The predicted octanol–water partition coefficient (Wildman–Crippen LogP) is 2.31. The van der Waals surface area contributed by atoms with Crippen molar-refractivity contribution < 1.29 is 14.3 Å². The van der Waals surface area contributed by atoms with Crippen molar-refractivity contribution >= 4 is 5.97 Å². The average Bonchev–Trinajstić information content (AvgIpc) is 2.26. The van der Waals surface area contributed by atoms with E-state index < -0.39 is 0 Å². The molecular formula is C12H20O3. The van der Waals surface area contributed by atoms with Crippen LogP contribution >= 0.6 is 0 Å². The number of methoxy groups -OCH3 is 1. The zero-order valence-corrected chi connectivity index (χ0v) is 9.62. The van der Waals surface area contributed by atoms with Crippen LogP contribution in [0.3, 0.4) is 0 Å². The quantitative estimate of drug-likeness (QED) is 0.530. The molecule has 0 atom stereocenters. The second-order valence-electron chi connectivity index (χ2n) is 4.26. The van der Waals surface area contributed by atoms with Gasteiger partial charge in [-0.1, -0.05) is 12.2 Å². The highest BCUT2D eigenvalue weighted by Crippen LogP contribution is 2.27. The van der Waals surface area contributed by atoms with E-state index in [2.05, 4.69) is 6.58 Å². The SMILES string of the molecule is C=C(C)COC1CCC(C(=O)OC)CC1. The van der Waals surface area contributed by atoms with Gasteiger partial charge >= 0.3 is 5.97 Å². The fourth-order valence-corrected chi connectivity index (χ4v) is 1.89. The molecule has 3 nitrogen and oxygen atoms in total. The Balaban J connectivity index is 2.23. The Bertz CT molecular complexity index is 227. The lowest BCUT2D eigenvalue weighted by Gasteiger charge is -2.26. The van der Waals surface area contributed by atoms with E-state index in [9.17, 15) is 4.79 Å². The number of hydrogen-bond acceptors (Lipinski definition) is 3. The first-order valence-corrected chi connectivity index (χ1v) is 5.47. The number of carbonyl (C=O) groups excluding carboxylic acids is 1. The highest BCUT2D eigenvalue weighted by Gasteiger charge is 2.26. The van der Waals surface area contributed by atoms with Crippen LogP contribution in [0.1, 0.15) is 32.6 Å². The van der Waals surface area contributed by atoms with E-state index in [1.54, 1.807) is 0 Å². The fraction of sp³-hybridized carbons (Fsp3) is 0.750. The van der Waals surface area contributed by atoms with Crippen molar-refractivity contribution in [1.82, 2.24) is 0 Å². The van der Waals surface area contributed by atoms with Crippen LogP contribution in [0.4, 0.5) is 0 Å². The normalized spacial score (nSPS) is 26.0. The first kappa shape index (κ1) is 12.2. The summed E-state index contributed by atoms with van der Waals surface area (Å²) in [6.45, 7) is 6.39. The lowest BCUT2D eigenvalue weighted by Crippen LogP contribution is -2.27. The second-order valence-corrected chi connectivity index (χ2v) is 4.26. The second kappa shape index (κ2) is 5.91. The molecule has 0 aliphatic heterocycles. The van der Waals surface area contributed by atoms with E-state index in [0.29, 0.717) is 12.7 Å². The minimum Gasteiger partial charge on any atom is -0.469 e. The molecule has 0 aromatic carbocycles. The Hall–Kier alpha value is -0.830. The Labute approximate surface area is 91.4 Å². The van der Waals surface area contributed by atoms with Crippen LogP contribution in [0.25, 0.3) is 0 Å². The van der Waals surface area contributed by atoms with Crippen LogP contribution in [-0.2, 0) is 14.3 Å². The van der Waals surface area contributed by atoms with Gasteiger partial charge in [0.05, 0.1) is 25.7 Å². The molecule has 0 saturated heterocycles. The zero-order valence-electron chi connectivity index (χ0n) is 9.62. The molecule has 1 aliphatic carbocycles. The third kappa shape index (κ3) is 4.04. The van der Waals surface area contributed by atoms with E-state index in [-0.39, 0.29) is 11.9 Å². The molecule has 0 spiro atoms. The van der Waals surface area contributed by atoms with Crippen molar-refractivity contribution in [3.05, 3.63) is 12.2 Å². The fourth-order valence-electron chi connectivity index (χ4n) is 1.89. The van der Waals surface area contributed by atoms with Crippen molar-refractivity contribution in [1.29, 1.82) is 0 Å². The van der Waals surface area contributed by atoms with Gasteiger partial charge < -0.3 is 9.47 Å². The van der Waals surface area contributed by atoms with E-state index in [1.807, 2.05) is 6.92 Å². The lowest BCUT2D eigenvalue weighted by atomic mass is 9.87. The molecule has 0 unspecified atom stereocenters. The molecular weight excluding hydrogens is 192 g/mol. The van der Waals surface area contributed by atoms with Gasteiger partial charge in [0.15, 0.2) is 0 Å². The molecule has 0 radical (unpaired) electrons. The molecule has 0 aromatic heterocycles. The van der Waals surface area contributed by atoms with E-state index in [4.69, 9.17) is 9.47 Å². The molecule has 3 heteroatoms. The van der Waals surface area contributed by atoms with Gasteiger partial charge in [0, 0.05) is 0 Å². The van der Waals surface area contributed by atoms with Gasteiger partial charge in [-0.25, -0.2) is 0 Å². The van der Waals surface area contributed by atoms with Gasteiger partial charge in [-0.3, -0.25) is 4.79 Å². The van der Waals surface area contributed by atoms with Gasteiger partial charge in [0.2, 0.25) is 0 Å². The minimum absolute atomic E-state index is 0.0756. The lowest BCUT2D eigenvalue weighted by molar-refractivity contribution is -0.147. The van der Waals surface area contributed by atoms with Crippen molar-refractivity contribution in [2.45, 2.75) is 38.7 Å². The Morgan fingerprint density at radius 3 is 2.40 bits per heavy atom. The maximum absolute atomic E-state index is 11.3. The standard InChI is InChI=1S/C12H20O3/c1-9(2)8-15-11-6-4-10(5-7-11)12(13)14-3/h10-11H,1,4-8H2,2-3H3. The summed E-state index contributed by atoms with van der Waals surface area (Å²) in [5.41, 5.74) is 1.05. The van der Waals surface area contributed by atoms with E-state index >= 15 is 0 Å². The Morgan fingerprint density at radius 2 is 1.93 bits per heavy atom. The molecule has 1 saturated carbocycles. The summed E-state index contributed by atoms with van der Waals surface area (Å²) in [6, 6.07) is 0. The average molecular weight is 212 g/mol. The molecule has 0 aromatic rings. The summed E-state index contributed by atoms with van der Waals surface area (Å²) >= 11 is 0. The molecule has 0 N–H and O–H groups in total. The topological polar surface area (TPSA) is 35.5 Å². The number of ether oxygens (including phenoxy) is 2.